The minimum absolute atomic E-state index is 0.00179. The highest BCUT2D eigenvalue weighted by Gasteiger charge is 2.09. The number of hydrogen-bond donors (Lipinski definition) is 1. The number of ether oxygens (including phenoxy) is 1. The summed E-state index contributed by atoms with van der Waals surface area (Å²) in [6.45, 7) is 0.516. The maximum atomic E-state index is 9.56. The fourth-order valence-corrected chi connectivity index (χ4v) is 2.93. The Morgan fingerprint density at radius 1 is 1.00 bits per heavy atom. The van der Waals surface area contributed by atoms with Crippen molar-refractivity contribution in [2.45, 2.75) is 13.2 Å². The molecule has 3 aromatic rings. The Morgan fingerprint density at radius 2 is 1.84 bits per heavy atom. The zero-order valence-corrected chi connectivity index (χ0v) is 11.2. The molecule has 0 unspecified atom stereocenters. The average Bonchev–Trinajstić information content (AvgIpc) is 2.94. The first-order valence-corrected chi connectivity index (χ1v) is 7.03. The molecular weight excluding hydrogens is 256 g/mol. The van der Waals surface area contributed by atoms with Crippen molar-refractivity contribution in [3.8, 4) is 5.75 Å². The largest absolute Gasteiger partial charge is 0.489 e. The summed E-state index contributed by atoms with van der Waals surface area (Å²) in [5, 5.41) is 12.7. The van der Waals surface area contributed by atoms with Gasteiger partial charge in [-0.25, -0.2) is 0 Å². The first-order valence-electron chi connectivity index (χ1n) is 6.15. The first kappa shape index (κ1) is 12.2. The number of thiophene rings is 1. The van der Waals surface area contributed by atoms with E-state index in [1.54, 1.807) is 11.3 Å². The van der Waals surface area contributed by atoms with Crippen molar-refractivity contribution in [1.29, 1.82) is 0 Å². The van der Waals surface area contributed by atoms with E-state index in [0.717, 1.165) is 22.3 Å². The van der Waals surface area contributed by atoms with Gasteiger partial charge in [0.15, 0.2) is 0 Å². The van der Waals surface area contributed by atoms with Gasteiger partial charge in [0, 0.05) is 15.6 Å². The van der Waals surface area contributed by atoms with E-state index >= 15 is 0 Å². The molecule has 0 saturated heterocycles. The summed E-state index contributed by atoms with van der Waals surface area (Å²) < 4.78 is 7.01. The molecule has 1 N–H and O–H groups in total. The molecule has 96 valence electrons. The van der Waals surface area contributed by atoms with Crippen LogP contribution in [0.2, 0.25) is 0 Å². The van der Waals surface area contributed by atoms with E-state index in [0.29, 0.717) is 6.61 Å². The van der Waals surface area contributed by atoms with Gasteiger partial charge in [-0.2, -0.15) is 0 Å². The molecule has 2 aromatic carbocycles. The maximum Gasteiger partial charge on any atom is 0.126 e. The molecule has 0 aliphatic rings. The second kappa shape index (κ2) is 5.43. The summed E-state index contributed by atoms with van der Waals surface area (Å²) in [5.74, 6) is 0.761. The van der Waals surface area contributed by atoms with Gasteiger partial charge in [0.05, 0.1) is 6.61 Å². The van der Waals surface area contributed by atoms with Gasteiger partial charge in [-0.05, 0) is 29.1 Å². The number of benzene rings is 2. The smallest absolute Gasteiger partial charge is 0.126 e. The lowest BCUT2D eigenvalue weighted by Crippen LogP contribution is -1.98. The Morgan fingerprint density at radius 3 is 2.63 bits per heavy atom. The van der Waals surface area contributed by atoms with E-state index < -0.39 is 0 Å². The van der Waals surface area contributed by atoms with E-state index in [-0.39, 0.29) is 6.61 Å². The zero-order valence-electron chi connectivity index (χ0n) is 10.4. The molecule has 0 aliphatic carbocycles. The van der Waals surface area contributed by atoms with Gasteiger partial charge in [0.25, 0.3) is 0 Å². The van der Waals surface area contributed by atoms with Crippen molar-refractivity contribution in [2.75, 3.05) is 0 Å². The van der Waals surface area contributed by atoms with Crippen LogP contribution in [0.25, 0.3) is 10.1 Å². The summed E-state index contributed by atoms with van der Waals surface area (Å²) in [7, 11) is 0. The second-order valence-electron chi connectivity index (χ2n) is 4.31. The third-order valence-corrected chi connectivity index (χ3v) is 3.98. The lowest BCUT2D eigenvalue weighted by atomic mass is 10.1. The lowest BCUT2D eigenvalue weighted by Gasteiger charge is -2.11. The van der Waals surface area contributed by atoms with Crippen LogP contribution in [0.5, 0.6) is 5.75 Å². The maximum absolute atomic E-state index is 9.56. The summed E-state index contributed by atoms with van der Waals surface area (Å²) in [4.78, 5) is 0. The molecule has 2 nitrogen and oxygen atoms in total. The number of hydrogen-bond acceptors (Lipinski definition) is 3. The summed E-state index contributed by atoms with van der Waals surface area (Å²) in [6.07, 6.45) is 0. The van der Waals surface area contributed by atoms with Gasteiger partial charge >= 0.3 is 0 Å². The second-order valence-corrected chi connectivity index (χ2v) is 5.25. The molecule has 19 heavy (non-hydrogen) atoms. The quantitative estimate of drug-likeness (QED) is 0.777. The summed E-state index contributed by atoms with van der Waals surface area (Å²) in [6, 6.07) is 16.0. The predicted molar refractivity (Wildman–Crippen MR) is 78.5 cm³/mol. The molecule has 1 heterocycles. The molecule has 0 bridgehead atoms. The fraction of sp³-hybridized carbons (Fsp3) is 0.125. The minimum Gasteiger partial charge on any atom is -0.489 e. The van der Waals surface area contributed by atoms with Crippen LogP contribution in [0.15, 0.2) is 53.9 Å². The fourth-order valence-electron chi connectivity index (χ4n) is 2.12. The monoisotopic (exact) mass is 270 g/mol. The topological polar surface area (TPSA) is 29.5 Å². The first-order chi connectivity index (χ1) is 9.38. The molecule has 3 heteroatoms. The van der Waals surface area contributed by atoms with E-state index in [1.165, 1.54) is 4.70 Å². The van der Waals surface area contributed by atoms with Crippen LogP contribution in [0, 0.1) is 0 Å². The Bertz CT molecular complexity index is 674. The molecule has 0 atom stereocenters. The Labute approximate surface area is 115 Å². The van der Waals surface area contributed by atoms with E-state index in [4.69, 9.17) is 4.74 Å². The Balaban J connectivity index is 1.88. The summed E-state index contributed by atoms with van der Waals surface area (Å²) in [5.41, 5.74) is 1.99. The highest BCUT2D eigenvalue weighted by molar-refractivity contribution is 7.17. The SMILES string of the molecule is OCc1c(OCc2ccccc2)ccc2sccc12. The summed E-state index contributed by atoms with van der Waals surface area (Å²) >= 11 is 1.67. The molecule has 0 fully saturated rings. The van der Waals surface area contributed by atoms with Gasteiger partial charge in [0.1, 0.15) is 12.4 Å². The van der Waals surface area contributed by atoms with Crippen LogP contribution in [0.1, 0.15) is 11.1 Å². The van der Waals surface area contributed by atoms with Crippen LogP contribution >= 0.6 is 11.3 Å². The number of fused-ring (bicyclic) bond motifs is 1. The van der Waals surface area contributed by atoms with Gasteiger partial charge in [-0.3, -0.25) is 0 Å². The van der Waals surface area contributed by atoms with Crippen molar-refractivity contribution in [3.63, 3.8) is 0 Å². The van der Waals surface area contributed by atoms with Crippen molar-refractivity contribution in [3.05, 3.63) is 65.0 Å². The molecule has 0 aliphatic heterocycles. The van der Waals surface area contributed by atoms with Crippen LogP contribution < -0.4 is 4.74 Å². The molecule has 0 amide bonds. The number of aliphatic hydroxyl groups is 1. The zero-order chi connectivity index (χ0) is 13.1. The minimum atomic E-state index is -0.00179. The van der Waals surface area contributed by atoms with Crippen LogP contribution in [-0.2, 0) is 13.2 Å². The van der Waals surface area contributed by atoms with Crippen molar-refractivity contribution in [1.82, 2.24) is 0 Å². The van der Waals surface area contributed by atoms with Crippen LogP contribution in [0.4, 0.5) is 0 Å². The molecular formula is C16H14O2S. The van der Waals surface area contributed by atoms with E-state index in [9.17, 15) is 5.11 Å². The van der Waals surface area contributed by atoms with Gasteiger partial charge in [-0.15, -0.1) is 11.3 Å². The Hall–Kier alpha value is -1.84. The molecule has 0 spiro atoms. The van der Waals surface area contributed by atoms with Crippen LogP contribution in [0.3, 0.4) is 0 Å². The predicted octanol–water partition coefficient (Wildman–Crippen LogP) is 3.97. The van der Waals surface area contributed by atoms with Gasteiger partial charge < -0.3 is 9.84 Å². The molecule has 0 saturated carbocycles. The highest BCUT2D eigenvalue weighted by atomic mass is 32.1. The Kier molecular flexibility index (Phi) is 3.49. The number of rotatable bonds is 4. The molecule has 3 rings (SSSR count). The highest BCUT2D eigenvalue weighted by Crippen LogP contribution is 2.31. The molecule has 1 aromatic heterocycles. The van der Waals surface area contributed by atoms with Crippen LogP contribution in [-0.4, -0.2) is 5.11 Å². The van der Waals surface area contributed by atoms with Gasteiger partial charge in [0.2, 0.25) is 0 Å². The average molecular weight is 270 g/mol. The van der Waals surface area contributed by atoms with Crippen molar-refractivity contribution < 1.29 is 9.84 Å². The van der Waals surface area contributed by atoms with E-state index in [1.807, 2.05) is 53.9 Å². The lowest BCUT2D eigenvalue weighted by molar-refractivity contribution is 0.261. The van der Waals surface area contributed by atoms with Crippen molar-refractivity contribution >= 4 is 21.4 Å². The third-order valence-electron chi connectivity index (χ3n) is 3.10. The van der Waals surface area contributed by atoms with E-state index in [2.05, 4.69) is 0 Å². The van der Waals surface area contributed by atoms with Crippen molar-refractivity contribution in [2.24, 2.45) is 0 Å². The standard InChI is InChI=1S/C16H14O2S/c17-10-14-13-8-9-19-16(13)7-6-15(14)18-11-12-4-2-1-3-5-12/h1-9,17H,10-11H2. The molecule has 0 radical (unpaired) electrons. The normalized spacial score (nSPS) is 10.8. The number of aliphatic hydroxyl groups excluding tert-OH is 1. The van der Waals surface area contributed by atoms with Gasteiger partial charge in [-0.1, -0.05) is 30.3 Å². The third kappa shape index (κ3) is 2.48.